The minimum absolute atomic E-state index is 0.0262. The number of Topliss-reactive ketones (excluding diaryl/α,β-unsaturated/α-hetero) is 1. The molecule has 0 aliphatic carbocycles. The Morgan fingerprint density at radius 2 is 1.96 bits per heavy atom. The Balaban J connectivity index is 1.61. The van der Waals surface area contributed by atoms with E-state index in [0.29, 0.717) is 17.6 Å². The molecule has 1 aromatic heterocycles. The highest BCUT2D eigenvalue weighted by atomic mass is 19.4. The van der Waals surface area contributed by atoms with Crippen LogP contribution in [0.5, 0.6) is 5.88 Å². The maximum Gasteiger partial charge on any atom is 0.422 e. The van der Waals surface area contributed by atoms with Gasteiger partial charge in [0.15, 0.2) is 12.4 Å². The van der Waals surface area contributed by atoms with Crippen LogP contribution < -0.4 is 10.1 Å². The number of rotatable bonds is 4. The molecule has 1 N–H and O–H groups in total. The second kappa shape index (κ2) is 6.47. The first-order valence-electron chi connectivity index (χ1n) is 7.86. The monoisotopic (exact) mass is 328 g/mol. The topological polar surface area (TPSA) is 51.2 Å². The number of nitrogens with one attached hydrogen (secondary N) is 1. The number of pyridine rings is 1. The van der Waals surface area contributed by atoms with E-state index in [2.05, 4.69) is 15.0 Å². The molecule has 126 valence electrons. The maximum atomic E-state index is 12.6. The van der Waals surface area contributed by atoms with E-state index in [4.69, 9.17) is 0 Å². The molecule has 0 amide bonds. The lowest BCUT2D eigenvalue weighted by molar-refractivity contribution is -0.154. The smallest absolute Gasteiger partial charge is 0.422 e. The number of carbonyl (C=O) groups is 1. The number of alkyl halides is 3. The number of aromatic nitrogens is 1. The molecule has 0 spiro atoms. The summed E-state index contributed by atoms with van der Waals surface area (Å²) in [6.07, 6.45) is 1.96. The van der Waals surface area contributed by atoms with Crippen molar-refractivity contribution in [2.45, 2.75) is 50.4 Å². The quantitative estimate of drug-likeness (QED) is 0.863. The predicted octanol–water partition coefficient (Wildman–Crippen LogP) is 3.13. The Hall–Kier alpha value is -1.63. The van der Waals surface area contributed by atoms with Crippen molar-refractivity contribution < 1.29 is 22.7 Å². The maximum absolute atomic E-state index is 12.6. The Morgan fingerprint density at radius 3 is 2.52 bits per heavy atom. The van der Waals surface area contributed by atoms with Gasteiger partial charge in [-0.2, -0.15) is 13.2 Å². The summed E-state index contributed by atoms with van der Waals surface area (Å²) in [6.45, 7) is -1.38. The van der Waals surface area contributed by atoms with Crippen LogP contribution in [0.15, 0.2) is 18.3 Å². The van der Waals surface area contributed by atoms with Crippen molar-refractivity contribution in [2.75, 3.05) is 6.61 Å². The zero-order chi connectivity index (χ0) is 16.4. The molecule has 1 aromatic rings. The number of piperidine rings is 2. The lowest BCUT2D eigenvalue weighted by Crippen LogP contribution is -2.50. The van der Waals surface area contributed by atoms with Gasteiger partial charge in [-0.3, -0.25) is 4.79 Å². The van der Waals surface area contributed by atoms with Crippen LogP contribution in [0.3, 0.4) is 0 Å². The zero-order valence-corrected chi connectivity index (χ0v) is 12.6. The lowest BCUT2D eigenvalue weighted by atomic mass is 9.77. The summed E-state index contributed by atoms with van der Waals surface area (Å²) >= 11 is 0. The van der Waals surface area contributed by atoms with E-state index >= 15 is 0 Å². The summed E-state index contributed by atoms with van der Waals surface area (Å²) in [6, 6.07) is 3.62. The molecule has 2 fully saturated rings. The van der Waals surface area contributed by atoms with Gasteiger partial charge in [-0.15, -0.1) is 0 Å². The number of nitrogens with zero attached hydrogens (tertiary/aromatic N) is 1. The van der Waals surface area contributed by atoms with E-state index in [1.807, 2.05) is 0 Å². The minimum Gasteiger partial charge on any atom is -0.468 e. The highest BCUT2D eigenvalue weighted by Gasteiger charge is 2.35. The van der Waals surface area contributed by atoms with Crippen LogP contribution in [0.4, 0.5) is 13.2 Å². The number of ketones is 1. The molecule has 2 aliphatic heterocycles. The SMILES string of the molecule is O=C(c1ccc(OCC(F)(F)F)nc1)C1CC2CCCC(C1)N2. The molecule has 2 unspecified atom stereocenters. The summed E-state index contributed by atoms with van der Waals surface area (Å²) in [4.78, 5) is 16.4. The van der Waals surface area contributed by atoms with E-state index in [-0.39, 0.29) is 17.6 Å². The number of halogens is 3. The molecule has 2 aliphatic rings. The van der Waals surface area contributed by atoms with E-state index in [1.165, 1.54) is 24.8 Å². The minimum atomic E-state index is -4.40. The standard InChI is InChI=1S/C16H19F3N2O2/c17-16(18,19)9-23-14-5-4-10(8-20-14)15(22)11-6-12-2-1-3-13(7-11)21-12/h4-5,8,11-13,21H,1-3,6-7,9H2. The largest absolute Gasteiger partial charge is 0.468 e. The Bertz CT molecular complexity index is 547. The van der Waals surface area contributed by atoms with Crippen molar-refractivity contribution in [3.63, 3.8) is 0 Å². The Kier molecular flexibility index (Phi) is 4.57. The van der Waals surface area contributed by atoms with Gasteiger partial charge in [0.25, 0.3) is 0 Å². The van der Waals surface area contributed by atoms with Gasteiger partial charge in [0.05, 0.1) is 0 Å². The third kappa shape index (κ3) is 4.22. The van der Waals surface area contributed by atoms with E-state index < -0.39 is 12.8 Å². The van der Waals surface area contributed by atoms with Crippen molar-refractivity contribution in [1.29, 1.82) is 0 Å². The van der Waals surface area contributed by atoms with Crippen molar-refractivity contribution in [2.24, 2.45) is 5.92 Å². The van der Waals surface area contributed by atoms with Crippen LogP contribution in [0.25, 0.3) is 0 Å². The number of fused-ring (bicyclic) bond motifs is 2. The van der Waals surface area contributed by atoms with Crippen LogP contribution in [0.1, 0.15) is 42.5 Å². The van der Waals surface area contributed by atoms with Crippen molar-refractivity contribution in [3.05, 3.63) is 23.9 Å². The van der Waals surface area contributed by atoms with Crippen molar-refractivity contribution in [1.82, 2.24) is 10.3 Å². The fourth-order valence-electron chi connectivity index (χ4n) is 3.48. The van der Waals surface area contributed by atoms with Crippen LogP contribution in [-0.4, -0.2) is 35.6 Å². The van der Waals surface area contributed by atoms with Gasteiger partial charge in [-0.1, -0.05) is 6.42 Å². The van der Waals surface area contributed by atoms with Gasteiger partial charge in [0.2, 0.25) is 5.88 Å². The average Bonchev–Trinajstić information content (AvgIpc) is 2.51. The summed E-state index contributed by atoms with van der Waals surface area (Å²) in [5, 5.41) is 3.53. The molecule has 4 nitrogen and oxygen atoms in total. The van der Waals surface area contributed by atoms with E-state index in [9.17, 15) is 18.0 Å². The number of hydrogen-bond donors (Lipinski definition) is 1. The highest BCUT2D eigenvalue weighted by molar-refractivity contribution is 5.97. The summed E-state index contributed by atoms with van der Waals surface area (Å²) in [7, 11) is 0. The Morgan fingerprint density at radius 1 is 1.26 bits per heavy atom. The molecule has 7 heteroatoms. The summed E-state index contributed by atoms with van der Waals surface area (Å²) < 4.78 is 40.8. The van der Waals surface area contributed by atoms with Crippen LogP contribution in [-0.2, 0) is 0 Å². The Labute approximate surface area is 132 Å². The summed E-state index contributed by atoms with van der Waals surface area (Å²) in [5.41, 5.74) is 0.439. The van der Waals surface area contributed by atoms with Gasteiger partial charge in [0, 0.05) is 35.8 Å². The van der Waals surface area contributed by atoms with Crippen LogP contribution >= 0.6 is 0 Å². The second-order valence-electron chi connectivity index (χ2n) is 6.31. The van der Waals surface area contributed by atoms with E-state index in [1.54, 1.807) is 0 Å². The third-order valence-corrected chi connectivity index (χ3v) is 4.49. The second-order valence-corrected chi connectivity index (χ2v) is 6.31. The van der Waals surface area contributed by atoms with Gasteiger partial charge >= 0.3 is 6.18 Å². The number of ether oxygens (including phenoxy) is 1. The van der Waals surface area contributed by atoms with Crippen molar-refractivity contribution in [3.8, 4) is 5.88 Å². The molecule has 2 atom stereocenters. The summed E-state index contributed by atoms with van der Waals surface area (Å²) in [5.74, 6) is -0.130. The van der Waals surface area contributed by atoms with Gasteiger partial charge in [0.1, 0.15) is 0 Å². The molecule has 23 heavy (non-hydrogen) atoms. The average molecular weight is 328 g/mol. The molecule has 0 aromatic carbocycles. The number of carbonyl (C=O) groups excluding carboxylic acids is 1. The van der Waals surface area contributed by atoms with Gasteiger partial charge in [-0.25, -0.2) is 4.98 Å². The van der Waals surface area contributed by atoms with Crippen LogP contribution in [0, 0.1) is 5.92 Å². The van der Waals surface area contributed by atoms with Crippen LogP contribution in [0.2, 0.25) is 0 Å². The molecule has 0 radical (unpaired) electrons. The molecular formula is C16H19F3N2O2. The normalized spacial score (nSPS) is 27.5. The molecule has 3 heterocycles. The molecular weight excluding hydrogens is 309 g/mol. The van der Waals surface area contributed by atoms with Gasteiger partial charge in [-0.05, 0) is 31.7 Å². The lowest BCUT2D eigenvalue weighted by Gasteiger charge is -2.39. The molecule has 0 saturated carbocycles. The van der Waals surface area contributed by atoms with Gasteiger partial charge < -0.3 is 10.1 Å². The fraction of sp³-hybridized carbons (Fsp3) is 0.625. The molecule has 2 saturated heterocycles. The molecule has 2 bridgehead atoms. The highest BCUT2D eigenvalue weighted by Crippen LogP contribution is 2.31. The predicted molar refractivity (Wildman–Crippen MR) is 77.4 cm³/mol. The first kappa shape index (κ1) is 16.2. The molecule has 3 rings (SSSR count). The number of hydrogen-bond acceptors (Lipinski definition) is 4. The first-order valence-corrected chi connectivity index (χ1v) is 7.86. The first-order chi connectivity index (χ1) is 10.9. The fourth-order valence-corrected chi connectivity index (χ4v) is 3.48. The van der Waals surface area contributed by atoms with E-state index in [0.717, 1.165) is 25.7 Å². The van der Waals surface area contributed by atoms with Crippen molar-refractivity contribution >= 4 is 5.78 Å². The third-order valence-electron chi connectivity index (χ3n) is 4.49. The zero-order valence-electron chi connectivity index (χ0n) is 12.6.